The minimum absolute atomic E-state index is 0.0167. The summed E-state index contributed by atoms with van der Waals surface area (Å²) >= 11 is 12.1. The van der Waals surface area contributed by atoms with Crippen LogP contribution in [0.4, 0.5) is 4.79 Å². The van der Waals surface area contributed by atoms with Gasteiger partial charge in [-0.3, -0.25) is 9.59 Å². The quantitative estimate of drug-likeness (QED) is 0.488. The fourth-order valence-corrected chi connectivity index (χ4v) is 2.70. The van der Waals surface area contributed by atoms with Crippen molar-refractivity contribution in [1.29, 1.82) is 0 Å². The van der Waals surface area contributed by atoms with Crippen LogP contribution in [0.3, 0.4) is 0 Å². The Balaban J connectivity index is 1.84. The molecular formula is C17H12Cl2N2O5. The number of esters is 1. The number of amides is 3. The number of urea groups is 1. The average molecular weight is 395 g/mol. The molecule has 134 valence electrons. The van der Waals surface area contributed by atoms with E-state index >= 15 is 0 Å². The van der Waals surface area contributed by atoms with E-state index in [-0.39, 0.29) is 5.70 Å². The fourth-order valence-electron chi connectivity index (χ4n) is 2.31. The van der Waals surface area contributed by atoms with Crippen LogP contribution < -0.4 is 5.32 Å². The summed E-state index contributed by atoms with van der Waals surface area (Å²) in [6, 6.07) is 7.52. The molecule has 0 spiro atoms. The summed E-state index contributed by atoms with van der Waals surface area (Å²) in [7, 11) is 1.17. The molecule has 26 heavy (non-hydrogen) atoms. The van der Waals surface area contributed by atoms with Crippen molar-refractivity contribution in [2.24, 2.45) is 0 Å². The maximum Gasteiger partial charge on any atom is 0.329 e. The molecular weight excluding hydrogens is 383 g/mol. The van der Waals surface area contributed by atoms with E-state index in [1.165, 1.54) is 13.2 Å². The van der Waals surface area contributed by atoms with Crippen molar-refractivity contribution in [3.05, 3.63) is 51.8 Å². The van der Waals surface area contributed by atoms with Crippen molar-refractivity contribution in [2.75, 3.05) is 13.7 Å². The molecule has 1 aliphatic heterocycles. The van der Waals surface area contributed by atoms with Crippen molar-refractivity contribution in [2.45, 2.75) is 0 Å². The van der Waals surface area contributed by atoms with Crippen LogP contribution in [0.1, 0.15) is 5.76 Å². The first-order valence-electron chi connectivity index (χ1n) is 7.35. The molecule has 0 unspecified atom stereocenters. The van der Waals surface area contributed by atoms with Gasteiger partial charge in [0.2, 0.25) is 0 Å². The molecule has 7 nitrogen and oxygen atoms in total. The topological polar surface area (TPSA) is 88.8 Å². The third kappa shape index (κ3) is 3.58. The number of carbonyl (C=O) groups excluding carboxylic acids is 3. The molecule has 0 atom stereocenters. The number of hydrogen-bond acceptors (Lipinski definition) is 5. The van der Waals surface area contributed by atoms with Gasteiger partial charge in [-0.1, -0.05) is 23.2 Å². The van der Waals surface area contributed by atoms with Gasteiger partial charge in [0.05, 0.1) is 12.1 Å². The molecule has 2 aromatic rings. The van der Waals surface area contributed by atoms with E-state index < -0.39 is 24.5 Å². The lowest BCUT2D eigenvalue weighted by Crippen LogP contribution is -2.36. The number of rotatable bonds is 4. The highest BCUT2D eigenvalue weighted by Crippen LogP contribution is 2.32. The Hall–Kier alpha value is -2.77. The van der Waals surface area contributed by atoms with Crippen molar-refractivity contribution < 1.29 is 23.5 Å². The number of ether oxygens (including phenoxy) is 1. The lowest BCUT2D eigenvalue weighted by molar-refractivity contribution is -0.143. The molecule has 2 heterocycles. The van der Waals surface area contributed by atoms with E-state index in [1.807, 2.05) is 0 Å². The lowest BCUT2D eigenvalue weighted by atomic mass is 10.2. The van der Waals surface area contributed by atoms with E-state index in [0.29, 0.717) is 27.1 Å². The second kappa shape index (κ2) is 7.23. The molecule has 1 aromatic heterocycles. The first-order valence-corrected chi connectivity index (χ1v) is 8.11. The number of carbonyl (C=O) groups is 3. The van der Waals surface area contributed by atoms with Gasteiger partial charge in [-0.25, -0.2) is 9.69 Å². The lowest BCUT2D eigenvalue weighted by Gasteiger charge is -2.08. The zero-order chi connectivity index (χ0) is 18.8. The Kier molecular flexibility index (Phi) is 5.01. The smallest absolute Gasteiger partial charge is 0.329 e. The molecule has 1 N–H and O–H groups in total. The first-order chi connectivity index (χ1) is 12.4. The molecule has 3 amide bonds. The molecule has 1 saturated heterocycles. The third-order valence-electron chi connectivity index (χ3n) is 3.58. The van der Waals surface area contributed by atoms with Crippen LogP contribution in [-0.4, -0.2) is 36.5 Å². The molecule has 3 rings (SSSR count). The summed E-state index contributed by atoms with van der Waals surface area (Å²) in [5.41, 5.74) is 0.579. The number of hydrogen-bond donors (Lipinski definition) is 1. The number of imide groups is 1. The number of furan rings is 1. The monoisotopic (exact) mass is 394 g/mol. The van der Waals surface area contributed by atoms with E-state index in [1.54, 1.807) is 30.3 Å². The predicted octanol–water partition coefficient (Wildman–Crippen LogP) is 3.32. The van der Waals surface area contributed by atoms with Gasteiger partial charge < -0.3 is 14.5 Å². The summed E-state index contributed by atoms with van der Waals surface area (Å²) in [5.74, 6) is -0.586. The van der Waals surface area contributed by atoms with Crippen molar-refractivity contribution in [3.63, 3.8) is 0 Å². The van der Waals surface area contributed by atoms with Crippen LogP contribution in [0.25, 0.3) is 17.4 Å². The van der Waals surface area contributed by atoms with E-state index in [0.717, 1.165) is 4.90 Å². The summed E-state index contributed by atoms with van der Waals surface area (Å²) in [4.78, 5) is 36.1. The maximum absolute atomic E-state index is 12.2. The number of halogens is 2. The van der Waals surface area contributed by atoms with Crippen molar-refractivity contribution >= 4 is 47.2 Å². The van der Waals surface area contributed by atoms with Gasteiger partial charge in [0, 0.05) is 16.7 Å². The Bertz CT molecular complexity index is 935. The largest absolute Gasteiger partial charge is 0.468 e. The second-order valence-corrected chi connectivity index (χ2v) is 6.13. The highest BCUT2D eigenvalue weighted by molar-refractivity contribution is 6.35. The Morgan fingerprint density at radius 2 is 2.04 bits per heavy atom. The summed E-state index contributed by atoms with van der Waals surface area (Å²) < 4.78 is 10.1. The first kappa shape index (κ1) is 18.0. The Labute approximate surface area is 158 Å². The highest BCUT2D eigenvalue weighted by atomic mass is 35.5. The van der Waals surface area contributed by atoms with Crippen molar-refractivity contribution in [1.82, 2.24) is 10.2 Å². The molecule has 0 aliphatic carbocycles. The number of nitrogens with one attached hydrogen (secondary N) is 1. The van der Waals surface area contributed by atoms with Gasteiger partial charge in [-0.05, 0) is 30.3 Å². The van der Waals surface area contributed by atoms with Crippen LogP contribution in [-0.2, 0) is 14.3 Å². The van der Waals surface area contributed by atoms with Gasteiger partial charge in [0.1, 0.15) is 23.8 Å². The van der Waals surface area contributed by atoms with Crippen LogP contribution in [0.15, 0.2) is 40.4 Å². The molecule has 1 aliphatic rings. The molecule has 0 bridgehead atoms. The zero-order valence-corrected chi connectivity index (χ0v) is 14.9. The Morgan fingerprint density at radius 3 is 2.77 bits per heavy atom. The summed E-state index contributed by atoms with van der Waals surface area (Å²) in [6.07, 6.45) is 1.36. The van der Waals surface area contributed by atoms with Gasteiger partial charge in [-0.2, -0.15) is 0 Å². The Morgan fingerprint density at radius 1 is 1.27 bits per heavy atom. The van der Waals surface area contributed by atoms with Gasteiger partial charge in [0.15, 0.2) is 0 Å². The zero-order valence-electron chi connectivity index (χ0n) is 13.4. The van der Waals surface area contributed by atoms with Gasteiger partial charge in [0.25, 0.3) is 5.91 Å². The predicted molar refractivity (Wildman–Crippen MR) is 94.4 cm³/mol. The molecule has 0 radical (unpaired) electrons. The highest BCUT2D eigenvalue weighted by Gasteiger charge is 2.35. The molecule has 1 fully saturated rings. The van der Waals surface area contributed by atoms with Crippen LogP contribution >= 0.6 is 23.2 Å². The summed E-state index contributed by atoms with van der Waals surface area (Å²) in [5, 5.41) is 3.34. The van der Waals surface area contributed by atoms with E-state index in [9.17, 15) is 14.4 Å². The molecule has 9 heteroatoms. The van der Waals surface area contributed by atoms with E-state index in [4.69, 9.17) is 27.6 Å². The standard InChI is InChI=1S/C17H12Cl2N2O5/c1-25-15(22)8-21-16(23)13(20-17(21)24)7-10-3-5-14(26-10)11-6-9(18)2-4-12(11)19/h2-7H,8H2,1H3,(H,20,24)/b13-7+. The number of methoxy groups -OCH3 is 1. The van der Waals surface area contributed by atoms with Crippen molar-refractivity contribution in [3.8, 4) is 11.3 Å². The second-order valence-electron chi connectivity index (χ2n) is 5.28. The maximum atomic E-state index is 12.2. The number of nitrogens with zero attached hydrogens (tertiary/aromatic N) is 1. The SMILES string of the molecule is COC(=O)CN1C(=O)N/C(=C/c2ccc(-c3cc(Cl)ccc3Cl)o2)C1=O. The van der Waals surface area contributed by atoms with Crippen LogP contribution in [0, 0.1) is 0 Å². The van der Waals surface area contributed by atoms with E-state index in [2.05, 4.69) is 10.1 Å². The fraction of sp³-hybridized carbons (Fsp3) is 0.118. The molecule has 1 aromatic carbocycles. The van der Waals surface area contributed by atoms with Crippen LogP contribution in [0.5, 0.6) is 0 Å². The summed E-state index contributed by atoms with van der Waals surface area (Å²) in [6.45, 7) is -0.472. The molecule has 0 saturated carbocycles. The van der Waals surface area contributed by atoms with Crippen LogP contribution in [0.2, 0.25) is 10.0 Å². The normalized spacial score (nSPS) is 15.5. The number of benzene rings is 1. The third-order valence-corrected chi connectivity index (χ3v) is 4.15. The van der Waals surface area contributed by atoms with Gasteiger partial charge >= 0.3 is 12.0 Å². The van der Waals surface area contributed by atoms with Gasteiger partial charge in [-0.15, -0.1) is 0 Å². The minimum Gasteiger partial charge on any atom is -0.468 e. The average Bonchev–Trinajstić information content (AvgIpc) is 3.17. The minimum atomic E-state index is -0.712.